The zero-order valence-corrected chi connectivity index (χ0v) is 16.0. The van der Waals surface area contributed by atoms with E-state index in [-0.39, 0.29) is 24.0 Å². The fourth-order valence-corrected chi connectivity index (χ4v) is 3.05. The van der Waals surface area contributed by atoms with Crippen molar-refractivity contribution in [3.63, 3.8) is 0 Å². The third-order valence-corrected chi connectivity index (χ3v) is 4.44. The SMILES string of the molecule is COc1ccccc1CC(=O)Nc1onc(-c2ccc(F)cc2)c1-c1ccncn1. The Morgan fingerprint density at radius 3 is 2.67 bits per heavy atom. The molecular weight excluding hydrogens is 387 g/mol. The lowest BCUT2D eigenvalue weighted by atomic mass is 10.0. The minimum absolute atomic E-state index is 0.0831. The maximum Gasteiger partial charge on any atom is 0.241 e. The number of nitrogens with one attached hydrogen (secondary N) is 1. The molecule has 0 saturated carbocycles. The molecule has 4 aromatic rings. The van der Waals surface area contributed by atoms with Crippen LogP contribution in [0, 0.1) is 5.82 Å². The number of rotatable bonds is 6. The molecule has 0 radical (unpaired) electrons. The number of nitrogens with zero attached hydrogens (tertiary/aromatic N) is 3. The summed E-state index contributed by atoms with van der Waals surface area (Å²) in [4.78, 5) is 20.9. The molecule has 2 aromatic heterocycles. The lowest BCUT2D eigenvalue weighted by Gasteiger charge is -2.08. The van der Waals surface area contributed by atoms with Crippen molar-refractivity contribution in [2.24, 2.45) is 0 Å². The van der Waals surface area contributed by atoms with Crippen LogP contribution in [0.3, 0.4) is 0 Å². The van der Waals surface area contributed by atoms with Gasteiger partial charge in [-0.3, -0.25) is 10.1 Å². The molecule has 0 bridgehead atoms. The predicted octanol–water partition coefficient (Wildman–Crippen LogP) is 4.13. The minimum Gasteiger partial charge on any atom is -0.496 e. The lowest BCUT2D eigenvalue weighted by Crippen LogP contribution is -2.15. The molecule has 1 N–H and O–H groups in total. The molecule has 0 aliphatic rings. The van der Waals surface area contributed by atoms with Crippen LogP contribution in [0.1, 0.15) is 5.56 Å². The Hall–Kier alpha value is -4.07. The molecule has 0 unspecified atom stereocenters. The van der Waals surface area contributed by atoms with Crippen LogP contribution in [0.25, 0.3) is 22.5 Å². The van der Waals surface area contributed by atoms with Crippen LogP contribution in [-0.2, 0) is 11.2 Å². The summed E-state index contributed by atoms with van der Waals surface area (Å²) in [6.07, 6.45) is 3.04. The van der Waals surface area contributed by atoms with Crippen molar-refractivity contribution >= 4 is 11.8 Å². The van der Waals surface area contributed by atoms with Gasteiger partial charge in [-0.05, 0) is 36.4 Å². The zero-order chi connectivity index (χ0) is 20.9. The van der Waals surface area contributed by atoms with Gasteiger partial charge in [0.25, 0.3) is 0 Å². The van der Waals surface area contributed by atoms with Crippen molar-refractivity contribution in [3.05, 3.63) is 78.5 Å². The Labute approximate surface area is 171 Å². The number of anilines is 1. The van der Waals surface area contributed by atoms with Crippen molar-refractivity contribution in [2.75, 3.05) is 12.4 Å². The number of aromatic nitrogens is 3. The van der Waals surface area contributed by atoms with Crippen LogP contribution in [0.15, 0.2) is 71.6 Å². The number of hydrogen-bond donors (Lipinski definition) is 1. The number of amides is 1. The number of methoxy groups -OCH3 is 1. The maximum absolute atomic E-state index is 13.3. The summed E-state index contributed by atoms with van der Waals surface area (Å²) in [6.45, 7) is 0. The molecule has 7 nitrogen and oxygen atoms in total. The molecule has 8 heteroatoms. The molecule has 0 aliphatic carbocycles. The summed E-state index contributed by atoms with van der Waals surface area (Å²) in [5.74, 6) is 0.0916. The number of para-hydroxylation sites is 1. The second kappa shape index (κ2) is 8.52. The van der Waals surface area contributed by atoms with Gasteiger partial charge < -0.3 is 9.26 Å². The molecule has 4 rings (SSSR count). The van der Waals surface area contributed by atoms with Gasteiger partial charge in [0.1, 0.15) is 23.6 Å². The smallest absolute Gasteiger partial charge is 0.241 e. The van der Waals surface area contributed by atoms with Gasteiger partial charge in [0.2, 0.25) is 11.8 Å². The van der Waals surface area contributed by atoms with Gasteiger partial charge in [-0.2, -0.15) is 0 Å². The van der Waals surface area contributed by atoms with E-state index in [0.717, 1.165) is 5.56 Å². The van der Waals surface area contributed by atoms with Crippen LogP contribution in [0.5, 0.6) is 5.75 Å². The highest BCUT2D eigenvalue weighted by Gasteiger charge is 2.22. The van der Waals surface area contributed by atoms with Crippen molar-refractivity contribution in [1.82, 2.24) is 15.1 Å². The van der Waals surface area contributed by atoms with E-state index in [1.54, 1.807) is 37.6 Å². The predicted molar refractivity (Wildman–Crippen MR) is 108 cm³/mol. The summed E-state index contributed by atoms with van der Waals surface area (Å²) in [7, 11) is 1.55. The van der Waals surface area contributed by atoms with Crippen LogP contribution < -0.4 is 10.1 Å². The summed E-state index contributed by atoms with van der Waals surface area (Å²) in [5.41, 5.74) is 2.79. The number of halogens is 1. The molecule has 30 heavy (non-hydrogen) atoms. The highest BCUT2D eigenvalue weighted by molar-refractivity contribution is 5.97. The fraction of sp³-hybridized carbons (Fsp3) is 0.0909. The summed E-state index contributed by atoms with van der Waals surface area (Å²) in [5, 5.41) is 6.84. The first-order valence-electron chi connectivity index (χ1n) is 9.09. The summed E-state index contributed by atoms with van der Waals surface area (Å²) in [6, 6.07) is 14.8. The van der Waals surface area contributed by atoms with Crippen molar-refractivity contribution in [3.8, 4) is 28.3 Å². The third-order valence-electron chi connectivity index (χ3n) is 4.44. The Balaban J connectivity index is 1.68. The zero-order valence-electron chi connectivity index (χ0n) is 16.0. The normalized spacial score (nSPS) is 10.6. The largest absolute Gasteiger partial charge is 0.496 e. The molecule has 0 fully saturated rings. The van der Waals surface area contributed by atoms with E-state index < -0.39 is 0 Å². The number of carbonyl (C=O) groups excluding carboxylic acids is 1. The van der Waals surface area contributed by atoms with E-state index >= 15 is 0 Å². The molecule has 0 aliphatic heterocycles. The van der Waals surface area contributed by atoms with E-state index in [4.69, 9.17) is 9.26 Å². The maximum atomic E-state index is 13.3. The molecule has 0 saturated heterocycles. The topological polar surface area (TPSA) is 90.1 Å². The Kier molecular flexibility index (Phi) is 5.47. The molecule has 0 spiro atoms. The number of ether oxygens (including phenoxy) is 1. The van der Waals surface area contributed by atoms with Crippen LogP contribution >= 0.6 is 0 Å². The third kappa shape index (κ3) is 4.02. The lowest BCUT2D eigenvalue weighted by molar-refractivity contribution is -0.115. The fourth-order valence-electron chi connectivity index (χ4n) is 3.05. The molecule has 2 heterocycles. The van der Waals surface area contributed by atoms with E-state index in [1.807, 2.05) is 18.2 Å². The molecule has 1 amide bonds. The van der Waals surface area contributed by atoms with Crippen LogP contribution in [0.4, 0.5) is 10.3 Å². The molecule has 150 valence electrons. The average Bonchev–Trinajstić information content (AvgIpc) is 3.18. The highest BCUT2D eigenvalue weighted by atomic mass is 19.1. The Morgan fingerprint density at radius 2 is 1.93 bits per heavy atom. The Bertz CT molecular complexity index is 1160. The first-order valence-corrected chi connectivity index (χ1v) is 9.09. The number of carbonyl (C=O) groups is 1. The van der Waals surface area contributed by atoms with Gasteiger partial charge in [0.05, 0.1) is 24.8 Å². The average molecular weight is 404 g/mol. The summed E-state index contributed by atoms with van der Waals surface area (Å²) < 4.78 is 24.1. The minimum atomic E-state index is -0.365. The van der Waals surface area contributed by atoms with E-state index in [0.29, 0.717) is 28.3 Å². The van der Waals surface area contributed by atoms with Crippen molar-refractivity contribution < 1.29 is 18.4 Å². The van der Waals surface area contributed by atoms with Crippen LogP contribution in [0.2, 0.25) is 0 Å². The second-order valence-corrected chi connectivity index (χ2v) is 6.37. The quantitative estimate of drug-likeness (QED) is 0.520. The molecule has 0 atom stereocenters. The van der Waals surface area contributed by atoms with Gasteiger partial charge in [-0.15, -0.1) is 0 Å². The molecule has 2 aromatic carbocycles. The first-order chi connectivity index (χ1) is 14.7. The van der Waals surface area contributed by atoms with E-state index in [2.05, 4.69) is 20.4 Å². The second-order valence-electron chi connectivity index (χ2n) is 6.37. The summed E-state index contributed by atoms with van der Waals surface area (Å²) >= 11 is 0. The van der Waals surface area contributed by atoms with E-state index in [9.17, 15) is 9.18 Å². The van der Waals surface area contributed by atoms with Gasteiger partial charge in [0.15, 0.2) is 0 Å². The standard InChI is InChI=1S/C22H17FN4O3/c1-29-18-5-3-2-4-15(18)12-19(28)26-22-20(17-10-11-24-13-25-17)21(27-30-22)14-6-8-16(23)9-7-14/h2-11,13H,12H2,1H3,(H,26,28). The Morgan fingerprint density at radius 1 is 1.13 bits per heavy atom. The molecular formula is C22H17FN4O3. The van der Waals surface area contributed by atoms with Crippen molar-refractivity contribution in [1.29, 1.82) is 0 Å². The van der Waals surface area contributed by atoms with E-state index in [1.165, 1.54) is 18.5 Å². The van der Waals surface area contributed by atoms with Crippen LogP contribution in [-0.4, -0.2) is 28.1 Å². The van der Waals surface area contributed by atoms with Gasteiger partial charge in [-0.1, -0.05) is 23.4 Å². The number of benzene rings is 2. The highest BCUT2D eigenvalue weighted by Crippen LogP contribution is 2.36. The first kappa shape index (κ1) is 19.3. The van der Waals surface area contributed by atoms with Gasteiger partial charge >= 0.3 is 0 Å². The number of hydrogen-bond acceptors (Lipinski definition) is 6. The van der Waals surface area contributed by atoms with Gasteiger partial charge in [0, 0.05) is 17.3 Å². The monoisotopic (exact) mass is 404 g/mol. The van der Waals surface area contributed by atoms with Gasteiger partial charge in [-0.25, -0.2) is 14.4 Å². The van der Waals surface area contributed by atoms with Crippen molar-refractivity contribution in [2.45, 2.75) is 6.42 Å².